The third kappa shape index (κ3) is 6.09. The van der Waals surface area contributed by atoms with Crippen LogP contribution in [0.15, 0.2) is 54.6 Å². The van der Waals surface area contributed by atoms with E-state index in [1.165, 1.54) is 18.4 Å². The number of rotatable bonds is 7. The van der Waals surface area contributed by atoms with Crippen molar-refractivity contribution in [3.05, 3.63) is 65.7 Å². The Bertz CT molecular complexity index is 748. The predicted octanol–water partition coefficient (Wildman–Crippen LogP) is 3.67. The molecular formula is C22H31Cl2N3O2. The SMILES string of the molecule is COc1ccc(C(CNC(=O)C(C)(N)c2ccccc2)N2CCCC2)cc1.Cl.Cl. The lowest BCUT2D eigenvalue weighted by Gasteiger charge is -2.30. The van der Waals surface area contributed by atoms with Gasteiger partial charge in [-0.25, -0.2) is 0 Å². The Kier molecular flexibility index (Phi) is 9.93. The predicted molar refractivity (Wildman–Crippen MR) is 122 cm³/mol. The molecule has 1 fully saturated rings. The largest absolute Gasteiger partial charge is 0.497 e. The van der Waals surface area contributed by atoms with E-state index in [0.717, 1.165) is 24.4 Å². The minimum Gasteiger partial charge on any atom is -0.497 e. The number of likely N-dealkylation sites (tertiary alicyclic amines) is 1. The summed E-state index contributed by atoms with van der Waals surface area (Å²) < 4.78 is 5.27. The molecule has 29 heavy (non-hydrogen) atoms. The third-order valence-corrected chi connectivity index (χ3v) is 5.38. The van der Waals surface area contributed by atoms with E-state index in [-0.39, 0.29) is 36.8 Å². The summed E-state index contributed by atoms with van der Waals surface area (Å²) in [5.41, 5.74) is 7.28. The molecule has 3 N–H and O–H groups in total. The monoisotopic (exact) mass is 439 g/mol. The minimum atomic E-state index is -1.06. The Hall–Kier alpha value is -1.79. The molecule has 0 radical (unpaired) electrons. The van der Waals surface area contributed by atoms with Gasteiger partial charge in [-0.05, 0) is 56.1 Å². The van der Waals surface area contributed by atoms with Crippen molar-refractivity contribution in [2.75, 3.05) is 26.7 Å². The quantitative estimate of drug-likeness (QED) is 0.690. The van der Waals surface area contributed by atoms with Crippen LogP contribution in [0.2, 0.25) is 0 Å². The van der Waals surface area contributed by atoms with Gasteiger partial charge in [-0.3, -0.25) is 9.69 Å². The summed E-state index contributed by atoms with van der Waals surface area (Å²) in [5.74, 6) is 0.674. The molecule has 5 nitrogen and oxygen atoms in total. The number of nitrogens with zero attached hydrogens (tertiary/aromatic N) is 1. The van der Waals surface area contributed by atoms with Gasteiger partial charge in [0.2, 0.25) is 5.91 Å². The van der Waals surface area contributed by atoms with Crippen LogP contribution in [0.5, 0.6) is 5.75 Å². The Labute approximate surface area is 185 Å². The van der Waals surface area contributed by atoms with Crippen molar-refractivity contribution in [3.8, 4) is 5.75 Å². The molecule has 2 aromatic rings. The van der Waals surface area contributed by atoms with Gasteiger partial charge < -0.3 is 15.8 Å². The summed E-state index contributed by atoms with van der Waals surface area (Å²) in [7, 11) is 1.67. The van der Waals surface area contributed by atoms with Crippen molar-refractivity contribution >= 4 is 30.7 Å². The number of ether oxygens (including phenoxy) is 1. The van der Waals surface area contributed by atoms with Crippen molar-refractivity contribution in [2.24, 2.45) is 5.73 Å². The lowest BCUT2D eigenvalue weighted by Crippen LogP contribution is -2.50. The van der Waals surface area contributed by atoms with Gasteiger partial charge in [0, 0.05) is 6.54 Å². The third-order valence-electron chi connectivity index (χ3n) is 5.38. The van der Waals surface area contributed by atoms with Gasteiger partial charge in [-0.2, -0.15) is 0 Å². The number of carbonyl (C=O) groups excluding carboxylic acids is 1. The minimum absolute atomic E-state index is 0. The molecule has 1 aliphatic heterocycles. The number of carbonyl (C=O) groups is 1. The molecule has 0 aromatic heterocycles. The number of nitrogens with one attached hydrogen (secondary N) is 1. The van der Waals surface area contributed by atoms with Crippen LogP contribution < -0.4 is 15.8 Å². The van der Waals surface area contributed by atoms with Crippen molar-refractivity contribution < 1.29 is 9.53 Å². The van der Waals surface area contributed by atoms with Crippen molar-refractivity contribution in [2.45, 2.75) is 31.3 Å². The van der Waals surface area contributed by atoms with Crippen LogP contribution in [0.3, 0.4) is 0 Å². The van der Waals surface area contributed by atoms with Crippen molar-refractivity contribution in [1.82, 2.24) is 10.2 Å². The van der Waals surface area contributed by atoms with Crippen LogP contribution >= 0.6 is 24.8 Å². The van der Waals surface area contributed by atoms with E-state index < -0.39 is 5.54 Å². The molecule has 1 saturated heterocycles. The van der Waals surface area contributed by atoms with E-state index in [2.05, 4.69) is 22.3 Å². The maximum absolute atomic E-state index is 12.8. The average Bonchev–Trinajstić information content (AvgIpc) is 3.23. The number of amides is 1. The molecule has 0 aliphatic carbocycles. The van der Waals surface area contributed by atoms with Gasteiger partial charge in [0.1, 0.15) is 11.3 Å². The number of hydrogen-bond donors (Lipinski definition) is 2. The summed E-state index contributed by atoms with van der Waals surface area (Å²) in [6.07, 6.45) is 2.39. The lowest BCUT2D eigenvalue weighted by molar-refractivity contribution is -0.126. The highest BCUT2D eigenvalue weighted by Crippen LogP contribution is 2.27. The Morgan fingerprint density at radius 1 is 1.10 bits per heavy atom. The van der Waals surface area contributed by atoms with Gasteiger partial charge in [-0.15, -0.1) is 24.8 Å². The second-order valence-electron chi connectivity index (χ2n) is 7.31. The molecule has 3 rings (SSSR count). The molecule has 1 amide bonds. The van der Waals surface area contributed by atoms with E-state index in [1.807, 2.05) is 42.5 Å². The zero-order valence-corrected chi connectivity index (χ0v) is 18.6. The van der Waals surface area contributed by atoms with Crippen molar-refractivity contribution in [1.29, 1.82) is 0 Å². The number of hydrogen-bond acceptors (Lipinski definition) is 4. The first-order valence-electron chi connectivity index (χ1n) is 9.53. The molecule has 160 valence electrons. The van der Waals surface area contributed by atoms with Gasteiger partial charge in [0.15, 0.2) is 0 Å². The first kappa shape index (κ1) is 25.2. The second-order valence-corrected chi connectivity index (χ2v) is 7.31. The maximum atomic E-state index is 12.8. The highest BCUT2D eigenvalue weighted by molar-refractivity contribution is 5.87. The zero-order valence-electron chi connectivity index (χ0n) is 17.0. The molecule has 1 heterocycles. The molecule has 0 spiro atoms. The van der Waals surface area contributed by atoms with E-state index in [4.69, 9.17) is 10.5 Å². The molecule has 1 aliphatic rings. The van der Waals surface area contributed by atoms with Crippen LogP contribution in [0.1, 0.15) is 36.9 Å². The normalized spacial score (nSPS) is 16.7. The maximum Gasteiger partial charge on any atom is 0.244 e. The number of nitrogens with two attached hydrogens (primary N) is 1. The lowest BCUT2D eigenvalue weighted by atomic mass is 9.92. The van der Waals surface area contributed by atoms with E-state index in [9.17, 15) is 4.79 Å². The Morgan fingerprint density at radius 3 is 2.24 bits per heavy atom. The fourth-order valence-electron chi connectivity index (χ4n) is 3.63. The molecular weight excluding hydrogens is 409 g/mol. The van der Waals surface area contributed by atoms with Crippen LogP contribution in [0.4, 0.5) is 0 Å². The van der Waals surface area contributed by atoms with Crippen LogP contribution in [-0.2, 0) is 10.3 Å². The topological polar surface area (TPSA) is 67.6 Å². The van der Waals surface area contributed by atoms with Gasteiger partial charge in [0.05, 0.1) is 13.2 Å². The van der Waals surface area contributed by atoms with Gasteiger partial charge >= 0.3 is 0 Å². The van der Waals surface area contributed by atoms with Crippen LogP contribution in [-0.4, -0.2) is 37.6 Å². The first-order chi connectivity index (χ1) is 13.0. The van der Waals surface area contributed by atoms with Gasteiger partial charge in [-0.1, -0.05) is 42.5 Å². The summed E-state index contributed by atoms with van der Waals surface area (Å²) in [6.45, 7) is 4.39. The zero-order chi connectivity index (χ0) is 19.3. The van der Waals surface area contributed by atoms with Crippen LogP contribution in [0, 0.1) is 0 Å². The standard InChI is InChI=1S/C22H29N3O2.2ClH/c1-22(23,18-8-4-3-5-9-18)21(26)24-16-20(25-14-6-7-15-25)17-10-12-19(27-2)13-11-17;;/h3-5,8-13,20H,6-7,14-16,23H2,1-2H3,(H,24,26);2*1H. The first-order valence-corrected chi connectivity index (χ1v) is 9.53. The molecule has 2 unspecified atom stereocenters. The molecule has 7 heteroatoms. The summed E-state index contributed by atoms with van der Waals surface area (Å²) >= 11 is 0. The second kappa shape index (κ2) is 11.4. The number of halogens is 2. The van der Waals surface area contributed by atoms with E-state index in [1.54, 1.807) is 14.0 Å². The number of benzene rings is 2. The molecule has 0 saturated carbocycles. The van der Waals surface area contributed by atoms with Crippen LogP contribution in [0.25, 0.3) is 0 Å². The fourth-order valence-corrected chi connectivity index (χ4v) is 3.63. The van der Waals surface area contributed by atoms with E-state index >= 15 is 0 Å². The number of methoxy groups -OCH3 is 1. The smallest absolute Gasteiger partial charge is 0.244 e. The Balaban J connectivity index is 0.00000210. The molecule has 2 atom stereocenters. The van der Waals surface area contributed by atoms with E-state index in [0.29, 0.717) is 6.54 Å². The Morgan fingerprint density at radius 2 is 1.69 bits per heavy atom. The molecule has 0 bridgehead atoms. The summed E-state index contributed by atoms with van der Waals surface area (Å²) in [4.78, 5) is 15.3. The molecule has 2 aromatic carbocycles. The van der Waals surface area contributed by atoms with Crippen molar-refractivity contribution in [3.63, 3.8) is 0 Å². The fraction of sp³-hybridized carbons (Fsp3) is 0.409. The average molecular weight is 440 g/mol. The highest BCUT2D eigenvalue weighted by Gasteiger charge is 2.32. The summed E-state index contributed by atoms with van der Waals surface area (Å²) in [5, 5.41) is 3.09. The highest BCUT2D eigenvalue weighted by atomic mass is 35.5. The summed E-state index contributed by atoms with van der Waals surface area (Å²) in [6, 6.07) is 17.7. The van der Waals surface area contributed by atoms with Gasteiger partial charge in [0.25, 0.3) is 0 Å².